The Morgan fingerprint density at radius 1 is 1.33 bits per heavy atom. The molecule has 62 valence electrons. The van der Waals surface area contributed by atoms with Gasteiger partial charge in [0.1, 0.15) is 0 Å². The molecule has 0 atom stereocenters. The fourth-order valence-corrected chi connectivity index (χ4v) is 0.882. The predicted octanol–water partition coefficient (Wildman–Crippen LogP) is -0.363. The van der Waals surface area contributed by atoms with Crippen LogP contribution in [0.3, 0.4) is 0 Å². The van der Waals surface area contributed by atoms with Crippen LogP contribution in [0.1, 0.15) is 0 Å². The van der Waals surface area contributed by atoms with Crippen molar-refractivity contribution < 1.29 is 4.63 Å². The van der Waals surface area contributed by atoms with Gasteiger partial charge in [-0.2, -0.15) is 9.97 Å². The summed E-state index contributed by atoms with van der Waals surface area (Å²) in [6.07, 6.45) is 0. The van der Waals surface area contributed by atoms with E-state index in [2.05, 4.69) is 30.2 Å². The number of aromatic nitrogens is 4. The van der Waals surface area contributed by atoms with Crippen LogP contribution in [-0.4, -0.2) is 27.3 Å². The van der Waals surface area contributed by atoms with Crippen LogP contribution in [0.5, 0.6) is 0 Å². The highest BCUT2D eigenvalue weighted by Gasteiger charge is 2.09. The summed E-state index contributed by atoms with van der Waals surface area (Å²) in [7, 11) is 1.70. The molecule has 2 heterocycles. The molecule has 0 saturated carbocycles. The molecule has 2 aromatic rings. The highest BCUT2D eigenvalue weighted by molar-refractivity contribution is 5.82. The molecule has 0 radical (unpaired) electrons. The lowest BCUT2D eigenvalue weighted by molar-refractivity contribution is 0.315. The molecule has 0 aliphatic heterocycles. The van der Waals surface area contributed by atoms with Crippen molar-refractivity contribution in [2.45, 2.75) is 0 Å². The third kappa shape index (κ3) is 0.831. The van der Waals surface area contributed by atoms with Crippen LogP contribution in [0, 0.1) is 0 Å². The first-order chi connectivity index (χ1) is 5.81. The lowest BCUT2D eigenvalue weighted by atomic mass is 10.5. The molecule has 12 heavy (non-hydrogen) atoms. The molecule has 0 unspecified atom stereocenters. The SMILES string of the molecule is CNc1nc(N)nc2nonc12. The molecule has 0 fully saturated rings. The predicted molar refractivity (Wildman–Crippen MR) is 41.4 cm³/mol. The van der Waals surface area contributed by atoms with Crippen molar-refractivity contribution in [1.82, 2.24) is 20.3 Å². The summed E-state index contributed by atoms with van der Waals surface area (Å²) in [6, 6.07) is 0. The highest BCUT2D eigenvalue weighted by Crippen LogP contribution is 2.15. The maximum absolute atomic E-state index is 5.39. The van der Waals surface area contributed by atoms with Gasteiger partial charge in [0.05, 0.1) is 0 Å². The van der Waals surface area contributed by atoms with Gasteiger partial charge in [-0.3, -0.25) is 0 Å². The van der Waals surface area contributed by atoms with Crippen molar-refractivity contribution in [1.29, 1.82) is 0 Å². The Bertz CT molecular complexity index is 409. The average Bonchev–Trinajstić information content (AvgIpc) is 2.50. The van der Waals surface area contributed by atoms with E-state index in [-0.39, 0.29) is 5.95 Å². The van der Waals surface area contributed by atoms with Gasteiger partial charge in [0, 0.05) is 7.05 Å². The molecule has 2 aromatic heterocycles. The van der Waals surface area contributed by atoms with Gasteiger partial charge in [-0.1, -0.05) is 0 Å². The van der Waals surface area contributed by atoms with Gasteiger partial charge >= 0.3 is 0 Å². The molecule has 0 amide bonds. The summed E-state index contributed by atoms with van der Waals surface area (Å²) in [5.41, 5.74) is 6.22. The number of nitrogen functional groups attached to an aromatic ring is 1. The largest absolute Gasteiger partial charge is 0.371 e. The quantitative estimate of drug-likeness (QED) is 0.596. The summed E-state index contributed by atoms with van der Waals surface area (Å²) in [5.74, 6) is 0.654. The molecular formula is C5H6N6O. The fraction of sp³-hybridized carbons (Fsp3) is 0.200. The van der Waals surface area contributed by atoms with Crippen molar-refractivity contribution in [2.75, 3.05) is 18.1 Å². The van der Waals surface area contributed by atoms with Gasteiger partial charge in [-0.15, -0.1) is 0 Å². The minimum atomic E-state index is 0.141. The van der Waals surface area contributed by atoms with Crippen LogP contribution in [0.15, 0.2) is 4.63 Å². The molecule has 3 N–H and O–H groups in total. The van der Waals surface area contributed by atoms with Gasteiger partial charge < -0.3 is 11.1 Å². The summed E-state index contributed by atoms with van der Waals surface area (Å²) in [5, 5.41) is 9.94. The Balaban J connectivity index is 2.80. The van der Waals surface area contributed by atoms with Gasteiger partial charge in [0.15, 0.2) is 11.3 Å². The minimum absolute atomic E-state index is 0.141. The zero-order chi connectivity index (χ0) is 8.55. The maximum Gasteiger partial charge on any atom is 0.231 e. The summed E-state index contributed by atoms with van der Waals surface area (Å²) in [4.78, 5) is 7.69. The van der Waals surface area contributed by atoms with Crippen molar-refractivity contribution >= 4 is 22.9 Å². The van der Waals surface area contributed by atoms with Crippen molar-refractivity contribution in [3.05, 3.63) is 0 Å². The molecule has 0 bridgehead atoms. The lowest BCUT2D eigenvalue weighted by Crippen LogP contribution is -2.00. The van der Waals surface area contributed by atoms with E-state index in [0.29, 0.717) is 17.0 Å². The van der Waals surface area contributed by atoms with Crippen LogP contribution in [0.4, 0.5) is 11.8 Å². The summed E-state index contributed by atoms with van der Waals surface area (Å²) >= 11 is 0. The van der Waals surface area contributed by atoms with E-state index in [1.165, 1.54) is 0 Å². The minimum Gasteiger partial charge on any atom is -0.371 e. The first kappa shape index (κ1) is 6.77. The summed E-state index contributed by atoms with van der Waals surface area (Å²) < 4.78 is 4.46. The van der Waals surface area contributed by atoms with Gasteiger partial charge in [-0.05, 0) is 10.3 Å². The number of rotatable bonds is 1. The topological polar surface area (TPSA) is 103 Å². The van der Waals surface area contributed by atoms with E-state index < -0.39 is 0 Å². The molecule has 7 heteroatoms. The lowest BCUT2D eigenvalue weighted by Gasteiger charge is -1.97. The number of hydrogen-bond donors (Lipinski definition) is 2. The first-order valence-electron chi connectivity index (χ1n) is 3.25. The Morgan fingerprint density at radius 3 is 2.92 bits per heavy atom. The zero-order valence-corrected chi connectivity index (χ0v) is 6.27. The zero-order valence-electron chi connectivity index (χ0n) is 6.27. The van der Waals surface area contributed by atoms with Gasteiger partial charge in [0.2, 0.25) is 11.6 Å². The second kappa shape index (κ2) is 2.29. The van der Waals surface area contributed by atoms with Crippen molar-refractivity contribution in [3.8, 4) is 0 Å². The molecule has 0 spiro atoms. The molecular weight excluding hydrogens is 160 g/mol. The van der Waals surface area contributed by atoms with Crippen molar-refractivity contribution in [2.24, 2.45) is 0 Å². The van der Waals surface area contributed by atoms with Crippen LogP contribution in [-0.2, 0) is 0 Å². The Hall–Kier alpha value is -1.92. The summed E-state index contributed by atoms with van der Waals surface area (Å²) in [6.45, 7) is 0. The molecule has 7 nitrogen and oxygen atoms in total. The number of anilines is 2. The van der Waals surface area contributed by atoms with E-state index in [0.717, 1.165) is 0 Å². The molecule has 0 aromatic carbocycles. The third-order valence-corrected chi connectivity index (χ3v) is 1.38. The molecule has 0 aliphatic rings. The second-order valence-electron chi connectivity index (χ2n) is 2.12. The Kier molecular flexibility index (Phi) is 1.29. The normalized spacial score (nSPS) is 10.4. The number of nitrogens with one attached hydrogen (secondary N) is 1. The van der Waals surface area contributed by atoms with Crippen LogP contribution < -0.4 is 11.1 Å². The standard InChI is InChI=1S/C5H6N6O/c1-7-3-2-4(11-12-10-2)9-5(6)8-3/h1H3,(H3,6,7,8,9,11). The number of nitrogens with zero attached hydrogens (tertiary/aromatic N) is 4. The Morgan fingerprint density at radius 2 is 2.17 bits per heavy atom. The number of nitrogens with two attached hydrogens (primary N) is 1. The average molecular weight is 166 g/mol. The van der Waals surface area contributed by atoms with Gasteiger partial charge in [0.25, 0.3) is 0 Å². The maximum atomic E-state index is 5.39. The molecule has 0 aliphatic carbocycles. The first-order valence-corrected chi connectivity index (χ1v) is 3.25. The van der Waals surface area contributed by atoms with E-state index in [1.807, 2.05) is 0 Å². The van der Waals surface area contributed by atoms with E-state index in [1.54, 1.807) is 7.05 Å². The van der Waals surface area contributed by atoms with Gasteiger partial charge in [-0.25, -0.2) is 4.63 Å². The Labute approximate surface area is 66.9 Å². The van der Waals surface area contributed by atoms with E-state index in [9.17, 15) is 0 Å². The molecule has 0 saturated heterocycles. The molecule has 2 rings (SSSR count). The third-order valence-electron chi connectivity index (χ3n) is 1.38. The van der Waals surface area contributed by atoms with E-state index >= 15 is 0 Å². The van der Waals surface area contributed by atoms with Crippen LogP contribution in [0.25, 0.3) is 11.2 Å². The monoisotopic (exact) mass is 166 g/mol. The second-order valence-corrected chi connectivity index (χ2v) is 2.12. The highest BCUT2D eigenvalue weighted by atomic mass is 16.6. The number of hydrogen-bond acceptors (Lipinski definition) is 7. The number of fused-ring (bicyclic) bond motifs is 1. The fourth-order valence-electron chi connectivity index (χ4n) is 0.882. The van der Waals surface area contributed by atoms with Crippen LogP contribution >= 0.6 is 0 Å². The smallest absolute Gasteiger partial charge is 0.231 e. The van der Waals surface area contributed by atoms with Crippen molar-refractivity contribution in [3.63, 3.8) is 0 Å². The van der Waals surface area contributed by atoms with Crippen LogP contribution in [0.2, 0.25) is 0 Å². The van der Waals surface area contributed by atoms with E-state index in [4.69, 9.17) is 5.73 Å².